The summed E-state index contributed by atoms with van der Waals surface area (Å²) in [4.78, 5) is 16.7. The van der Waals surface area contributed by atoms with Crippen LogP contribution in [0.3, 0.4) is 0 Å². The van der Waals surface area contributed by atoms with E-state index in [2.05, 4.69) is 4.98 Å². The third-order valence-electron chi connectivity index (χ3n) is 3.18. The Labute approximate surface area is 136 Å². The second-order valence-corrected chi connectivity index (χ2v) is 6.74. The lowest BCUT2D eigenvalue weighted by Crippen LogP contribution is -2.19. The van der Waals surface area contributed by atoms with Gasteiger partial charge < -0.3 is 4.74 Å². The summed E-state index contributed by atoms with van der Waals surface area (Å²) in [5.74, 6) is 1.75. The van der Waals surface area contributed by atoms with E-state index in [1.165, 1.54) is 11.3 Å². The average Bonchev–Trinajstić information content (AvgIpc) is 3.01. The molecular formula is C16H16N2O2S2. The van der Waals surface area contributed by atoms with Crippen LogP contribution in [0.15, 0.2) is 51.7 Å². The second kappa shape index (κ2) is 6.98. The number of thioether (sulfide) groups is 1. The SMILES string of the molecule is Cn1c(SCCCOc2ccccc2)nc2ccsc2c1=O. The van der Waals surface area contributed by atoms with Gasteiger partial charge in [-0.2, -0.15) is 0 Å². The fraction of sp³-hybridized carbons (Fsp3) is 0.250. The van der Waals surface area contributed by atoms with E-state index in [1.807, 2.05) is 41.8 Å². The van der Waals surface area contributed by atoms with Crippen LogP contribution in [0.2, 0.25) is 0 Å². The van der Waals surface area contributed by atoms with Crippen molar-refractivity contribution in [3.8, 4) is 5.75 Å². The quantitative estimate of drug-likeness (QED) is 0.393. The van der Waals surface area contributed by atoms with E-state index in [0.717, 1.165) is 33.3 Å². The summed E-state index contributed by atoms with van der Waals surface area (Å²) in [6, 6.07) is 11.7. The molecule has 3 aromatic rings. The maximum absolute atomic E-state index is 12.2. The van der Waals surface area contributed by atoms with Crippen LogP contribution in [0.5, 0.6) is 5.75 Å². The number of nitrogens with zero attached hydrogens (tertiary/aromatic N) is 2. The highest BCUT2D eigenvalue weighted by atomic mass is 32.2. The van der Waals surface area contributed by atoms with Crippen LogP contribution in [0, 0.1) is 0 Å². The zero-order valence-corrected chi connectivity index (χ0v) is 13.8. The van der Waals surface area contributed by atoms with Crippen molar-refractivity contribution >= 4 is 33.3 Å². The molecule has 0 aliphatic carbocycles. The summed E-state index contributed by atoms with van der Waals surface area (Å²) in [6.07, 6.45) is 0.900. The molecule has 0 N–H and O–H groups in total. The Morgan fingerprint density at radius 1 is 1.27 bits per heavy atom. The van der Waals surface area contributed by atoms with Crippen LogP contribution < -0.4 is 10.3 Å². The standard InChI is InChI=1S/C16H16N2O2S2/c1-18-15(19)14-13(8-11-21-14)17-16(18)22-10-5-9-20-12-6-3-2-4-7-12/h2-4,6-8,11H,5,9-10H2,1H3. The Morgan fingerprint density at radius 3 is 2.91 bits per heavy atom. The van der Waals surface area contributed by atoms with Gasteiger partial charge in [-0.25, -0.2) is 4.98 Å². The van der Waals surface area contributed by atoms with Crippen LogP contribution in [0.25, 0.3) is 10.2 Å². The third kappa shape index (κ3) is 3.34. The molecule has 3 rings (SSSR count). The van der Waals surface area contributed by atoms with Crippen molar-refractivity contribution in [3.63, 3.8) is 0 Å². The normalized spacial score (nSPS) is 11.0. The lowest BCUT2D eigenvalue weighted by molar-refractivity contribution is 0.318. The van der Waals surface area contributed by atoms with Crippen molar-refractivity contribution in [2.75, 3.05) is 12.4 Å². The van der Waals surface area contributed by atoms with Crippen molar-refractivity contribution in [1.82, 2.24) is 9.55 Å². The fourth-order valence-corrected chi connectivity index (χ4v) is 3.72. The van der Waals surface area contributed by atoms with E-state index in [0.29, 0.717) is 6.61 Å². The topological polar surface area (TPSA) is 44.1 Å². The van der Waals surface area contributed by atoms with E-state index in [1.54, 1.807) is 23.4 Å². The Hall–Kier alpha value is -1.79. The van der Waals surface area contributed by atoms with E-state index in [-0.39, 0.29) is 5.56 Å². The number of aromatic nitrogens is 2. The summed E-state index contributed by atoms with van der Waals surface area (Å²) in [5.41, 5.74) is 0.819. The molecule has 0 spiro atoms. The highest BCUT2D eigenvalue weighted by molar-refractivity contribution is 7.99. The van der Waals surface area contributed by atoms with Gasteiger partial charge in [-0.05, 0) is 30.0 Å². The molecule has 1 aromatic carbocycles. The monoisotopic (exact) mass is 332 g/mol. The number of rotatable bonds is 6. The van der Waals surface area contributed by atoms with Gasteiger partial charge in [0.2, 0.25) is 0 Å². The first-order valence-corrected chi connectivity index (χ1v) is 8.87. The summed E-state index contributed by atoms with van der Waals surface area (Å²) in [5, 5.41) is 2.66. The van der Waals surface area contributed by atoms with Crippen molar-refractivity contribution in [2.24, 2.45) is 7.05 Å². The molecule has 0 saturated carbocycles. The molecule has 0 bridgehead atoms. The minimum atomic E-state index is 0.0306. The van der Waals surface area contributed by atoms with Gasteiger partial charge in [0.05, 0.1) is 12.1 Å². The van der Waals surface area contributed by atoms with Gasteiger partial charge in [0.15, 0.2) is 5.16 Å². The number of hydrogen-bond acceptors (Lipinski definition) is 5. The largest absolute Gasteiger partial charge is 0.494 e. The maximum atomic E-state index is 12.2. The Morgan fingerprint density at radius 2 is 2.09 bits per heavy atom. The zero-order chi connectivity index (χ0) is 15.4. The molecular weight excluding hydrogens is 316 g/mol. The molecule has 4 nitrogen and oxygen atoms in total. The molecule has 0 fully saturated rings. The lowest BCUT2D eigenvalue weighted by Gasteiger charge is -2.08. The van der Waals surface area contributed by atoms with Gasteiger partial charge in [-0.3, -0.25) is 9.36 Å². The van der Waals surface area contributed by atoms with Gasteiger partial charge in [-0.1, -0.05) is 30.0 Å². The van der Waals surface area contributed by atoms with Gasteiger partial charge >= 0.3 is 0 Å². The van der Waals surface area contributed by atoms with E-state index >= 15 is 0 Å². The molecule has 0 unspecified atom stereocenters. The highest BCUT2D eigenvalue weighted by Gasteiger charge is 2.09. The zero-order valence-electron chi connectivity index (χ0n) is 12.2. The van der Waals surface area contributed by atoms with Crippen molar-refractivity contribution in [3.05, 3.63) is 52.1 Å². The van der Waals surface area contributed by atoms with E-state index < -0.39 is 0 Å². The van der Waals surface area contributed by atoms with Gasteiger partial charge in [0.1, 0.15) is 10.4 Å². The average molecular weight is 332 g/mol. The first-order valence-electron chi connectivity index (χ1n) is 7.00. The van der Waals surface area contributed by atoms with Crippen LogP contribution in [-0.2, 0) is 7.05 Å². The van der Waals surface area contributed by atoms with Gasteiger partial charge in [0, 0.05) is 12.8 Å². The Balaban J connectivity index is 1.56. The highest BCUT2D eigenvalue weighted by Crippen LogP contribution is 2.20. The Bertz CT molecular complexity index is 812. The maximum Gasteiger partial charge on any atom is 0.271 e. The molecule has 6 heteroatoms. The van der Waals surface area contributed by atoms with E-state index in [4.69, 9.17) is 4.74 Å². The molecule has 114 valence electrons. The van der Waals surface area contributed by atoms with Crippen molar-refractivity contribution < 1.29 is 4.74 Å². The van der Waals surface area contributed by atoms with Gasteiger partial charge in [0.25, 0.3) is 5.56 Å². The number of benzene rings is 1. The van der Waals surface area contributed by atoms with Crippen LogP contribution in [0.1, 0.15) is 6.42 Å². The minimum Gasteiger partial charge on any atom is -0.494 e. The van der Waals surface area contributed by atoms with Crippen LogP contribution >= 0.6 is 23.1 Å². The molecule has 0 atom stereocenters. The number of thiophene rings is 1. The smallest absolute Gasteiger partial charge is 0.271 e. The minimum absolute atomic E-state index is 0.0306. The first-order chi connectivity index (χ1) is 10.8. The third-order valence-corrected chi connectivity index (χ3v) is 5.19. The van der Waals surface area contributed by atoms with Gasteiger partial charge in [-0.15, -0.1) is 11.3 Å². The lowest BCUT2D eigenvalue weighted by atomic mass is 10.3. The summed E-state index contributed by atoms with van der Waals surface area (Å²) in [6.45, 7) is 0.658. The molecule has 2 heterocycles. The number of hydrogen-bond donors (Lipinski definition) is 0. The molecule has 0 saturated heterocycles. The first kappa shape index (κ1) is 15.1. The molecule has 0 amide bonds. The van der Waals surface area contributed by atoms with Crippen LogP contribution in [-0.4, -0.2) is 21.9 Å². The second-order valence-electron chi connectivity index (χ2n) is 4.76. The predicted molar refractivity (Wildman–Crippen MR) is 92.1 cm³/mol. The molecule has 0 aliphatic heterocycles. The summed E-state index contributed by atoms with van der Waals surface area (Å²) < 4.78 is 8.00. The molecule has 0 radical (unpaired) electrons. The van der Waals surface area contributed by atoms with Crippen molar-refractivity contribution in [1.29, 1.82) is 0 Å². The Kier molecular flexibility index (Phi) is 4.80. The van der Waals surface area contributed by atoms with Crippen molar-refractivity contribution in [2.45, 2.75) is 11.6 Å². The molecule has 2 aromatic heterocycles. The molecule has 22 heavy (non-hydrogen) atoms. The van der Waals surface area contributed by atoms with E-state index in [9.17, 15) is 4.79 Å². The molecule has 0 aliphatic rings. The number of fused-ring (bicyclic) bond motifs is 1. The fourth-order valence-electron chi connectivity index (χ4n) is 2.03. The number of para-hydroxylation sites is 1. The predicted octanol–water partition coefficient (Wildman–Crippen LogP) is 3.56. The summed E-state index contributed by atoms with van der Waals surface area (Å²) >= 11 is 3.03. The van der Waals surface area contributed by atoms with Crippen LogP contribution in [0.4, 0.5) is 0 Å². The summed E-state index contributed by atoms with van der Waals surface area (Å²) in [7, 11) is 1.78. The number of ether oxygens (including phenoxy) is 1.